The minimum absolute atomic E-state index is 0.230. The highest BCUT2D eigenvalue weighted by atomic mass is 32.2. The first kappa shape index (κ1) is 25.8. The molecule has 0 fully saturated rings. The van der Waals surface area contributed by atoms with Crippen LogP contribution in [0.25, 0.3) is 0 Å². The van der Waals surface area contributed by atoms with Crippen molar-refractivity contribution in [1.29, 1.82) is 0 Å². The molecule has 1 aromatic heterocycles. The summed E-state index contributed by atoms with van der Waals surface area (Å²) in [5.41, 5.74) is 0.205. The molecule has 186 valence electrons. The number of hydrogen-bond acceptors (Lipinski definition) is 8. The van der Waals surface area contributed by atoms with Gasteiger partial charge in [-0.15, -0.1) is 0 Å². The fraction of sp³-hybridized carbons (Fsp3) is 0.259. The van der Waals surface area contributed by atoms with Crippen LogP contribution < -0.4 is 5.32 Å². The van der Waals surface area contributed by atoms with E-state index in [1.54, 1.807) is 32.2 Å². The van der Waals surface area contributed by atoms with Crippen molar-refractivity contribution in [3.05, 3.63) is 90.1 Å². The standard InChI is InChI=1S/C27H28N4O3S2/c1-4-34-25(33)22-27(2,30-26(35-3)31(22)18-19-12-7-5-8-13-19)29-23(32)21-16-11-17-28-24(21)36-20-14-9-6-10-15-20/h5-17,22H,4,18H2,1-3H3,(H,29,32). The molecule has 2 unspecified atom stereocenters. The Labute approximate surface area is 219 Å². The minimum Gasteiger partial charge on any atom is -0.464 e. The van der Waals surface area contributed by atoms with Crippen molar-refractivity contribution >= 4 is 40.6 Å². The summed E-state index contributed by atoms with van der Waals surface area (Å²) < 4.78 is 5.44. The molecule has 0 saturated heterocycles. The summed E-state index contributed by atoms with van der Waals surface area (Å²) in [6.45, 7) is 4.21. The van der Waals surface area contributed by atoms with Gasteiger partial charge in [0.25, 0.3) is 5.91 Å². The zero-order valence-electron chi connectivity index (χ0n) is 20.4. The van der Waals surface area contributed by atoms with Crippen LogP contribution in [-0.4, -0.2) is 51.5 Å². The number of benzene rings is 2. The summed E-state index contributed by atoms with van der Waals surface area (Å²) in [6.07, 6.45) is 3.56. The highest BCUT2D eigenvalue weighted by Crippen LogP contribution is 2.34. The van der Waals surface area contributed by atoms with Gasteiger partial charge in [0.15, 0.2) is 16.9 Å². The number of rotatable bonds is 8. The summed E-state index contributed by atoms with van der Waals surface area (Å²) in [4.78, 5) is 39.0. The van der Waals surface area contributed by atoms with Gasteiger partial charge in [-0.2, -0.15) is 0 Å². The van der Waals surface area contributed by atoms with Crippen LogP contribution in [0.5, 0.6) is 0 Å². The highest BCUT2D eigenvalue weighted by molar-refractivity contribution is 8.13. The van der Waals surface area contributed by atoms with Crippen molar-refractivity contribution < 1.29 is 14.3 Å². The molecule has 2 heterocycles. The molecular weight excluding hydrogens is 492 g/mol. The number of hydrogen-bond donors (Lipinski definition) is 1. The third-order valence-electron chi connectivity index (χ3n) is 5.65. The molecular formula is C27H28N4O3S2. The number of nitrogens with one attached hydrogen (secondary N) is 1. The van der Waals surface area contributed by atoms with E-state index in [1.165, 1.54) is 23.5 Å². The Balaban J connectivity index is 1.64. The average Bonchev–Trinajstić information content (AvgIpc) is 3.16. The number of esters is 1. The molecule has 1 amide bonds. The van der Waals surface area contributed by atoms with Crippen molar-refractivity contribution in [2.75, 3.05) is 12.9 Å². The maximum atomic E-state index is 13.6. The zero-order chi connectivity index (χ0) is 25.5. The van der Waals surface area contributed by atoms with Crippen LogP contribution in [0.4, 0.5) is 0 Å². The maximum absolute atomic E-state index is 13.6. The van der Waals surface area contributed by atoms with Crippen molar-refractivity contribution in [3.63, 3.8) is 0 Å². The second kappa shape index (κ2) is 11.6. The van der Waals surface area contributed by atoms with Gasteiger partial charge in [-0.25, -0.2) is 14.8 Å². The SMILES string of the molecule is CCOC(=O)C1N(Cc2ccccc2)C(SC)=NC1(C)NC(=O)c1cccnc1Sc1ccccc1. The molecule has 0 saturated carbocycles. The number of carbonyl (C=O) groups excluding carboxylic acids is 2. The topological polar surface area (TPSA) is 83.9 Å². The van der Waals surface area contributed by atoms with Crippen molar-refractivity contribution in [3.8, 4) is 0 Å². The van der Waals surface area contributed by atoms with E-state index < -0.39 is 17.7 Å². The number of aliphatic imine (C=N–C) groups is 1. The summed E-state index contributed by atoms with van der Waals surface area (Å²) in [5, 5.41) is 4.26. The number of carbonyl (C=O) groups is 2. The summed E-state index contributed by atoms with van der Waals surface area (Å²) >= 11 is 2.84. The first-order valence-corrected chi connectivity index (χ1v) is 13.6. The Kier molecular flexibility index (Phi) is 8.32. The number of amides is 1. The lowest BCUT2D eigenvalue weighted by molar-refractivity contribution is -0.150. The Morgan fingerprint density at radius 1 is 1.06 bits per heavy atom. The van der Waals surface area contributed by atoms with Gasteiger partial charge in [-0.3, -0.25) is 4.79 Å². The van der Waals surface area contributed by atoms with Gasteiger partial charge in [-0.1, -0.05) is 72.1 Å². The van der Waals surface area contributed by atoms with Gasteiger partial charge >= 0.3 is 5.97 Å². The van der Waals surface area contributed by atoms with E-state index in [-0.39, 0.29) is 12.5 Å². The average molecular weight is 521 g/mol. The fourth-order valence-electron chi connectivity index (χ4n) is 4.06. The predicted molar refractivity (Wildman–Crippen MR) is 144 cm³/mol. The number of thioether (sulfide) groups is 1. The molecule has 4 rings (SSSR count). The molecule has 0 aliphatic carbocycles. The minimum atomic E-state index is -1.24. The fourth-order valence-corrected chi connectivity index (χ4v) is 5.64. The van der Waals surface area contributed by atoms with E-state index in [0.29, 0.717) is 22.3 Å². The lowest BCUT2D eigenvalue weighted by atomic mass is 10.0. The third-order valence-corrected chi connectivity index (χ3v) is 7.36. The van der Waals surface area contributed by atoms with Gasteiger partial charge in [0.1, 0.15) is 5.03 Å². The number of ether oxygens (including phenoxy) is 1. The summed E-state index contributed by atoms with van der Waals surface area (Å²) in [7, 11) is 0. The van der Waals surface area contributed by atoms with Gasteiger partial charge in [0.05, 0.1) is 12.2 Å². The van der Waals surface area contributed by atoms with Gasteiger partial charge < -0.3 is 15.0 Å². The van der Waals surface area contributed by atoms with Crippen molar-refractivity contribution in [1.82, 2.24) is 15.2 Å². The Hall–Kier alpha value is -3.30. The van der Waals surface area contributed by atoms with Crippen molar-refractivity contribution in [2.24, 2.45) is 4.99 Å². The predicted octanol–water partition coefficient (Wildman–Crippen LogP) is 4.85. The lowest BCUT2D eigenvalue weighted by Crippen LogP contribution is -2.59. The lowest BCUT2D eigenvalue weighted by Gasteiger charge is -2.34. The molecule has 2 atom stereocenters. The van der Waals surface area contributed by atoms with Crippen LogP contribution in [0, 0.1) is 0 Å². The molecule has 0 radical (unpaired) electrons. The molecule has 0 spiro atoms. The van der Waals surface area contributed by atoms with Crippen LogP contribution in [-0.2, 0) is 16.1 Å². The molecule has 1 N–H and O–H groups in total. The monoisotopic (exact) mass is 520 g/mol. The third kappa shape index (κ3) is 5.74. The van der Waals surface area contributed by atoms with Crippen LogP contribution in [0.3, 0.4) is 0 Å². The van der Waals surface area contributed by atoms with Crippen LogP contribution in [0.2, 0.25) is 0 Å². The Morgan fingerprint density at radius 3 is 2.42 bits per heavy atom. The number of aromatic nitrogens is 1. The van der Waals surface area contributed by atoms with E-state index in [1.807, 2.05) is 71.8 Å². The smallest absolute Gasteiger partial charge is 0.333 e. The van der Waals surface area contributed by atoms with Crippen molar-refractivity contribution in [2.45, 2.75) is 42.0 Å². The first-order valence-electron chi connectivity index (χ1n) is 11.6. The molecule has 0 bridgehead atoms. The molecule has 36 heavy (non-hydrogen) atoms. The molecule has 3 aromatic rings. The molecule has 2 aromatic carbocycles. The number of pyridine rings is 1. The summed E-state index contributed by atoms with van der Waals surface area (Å²) in [6, 6.07) is 22.2. The van der Waals surface area contributed by atoms with E-state index in [2.05, 4.69) is 10.3 Å². The summed E-state index contributed by atoms with van der Waals surface area (Å²) in [5.74, 6) is -0.793. The molecule has 9 heteroatoms. The van der Waals surface area contributed by atoms with E-state index in [4.69, 9.17) is 9.73 Å². The molecule has 1 aliphatic heterocycles. The maximum Gasteiger partial charge on any atom is 0.333 e. The van der Waals surface area contributed by atoms with Crippen LogP contribution in [0.1, 0.15) is 29.8 Å². The van der Waals surface area contributed by atoms with E-state index >= 15 is 0 Å². The van der Waals surface area contributed by atoms with Gasteiger partial charge in [0.2, 0.25) is 0 Å². The number of nitrogens with zero attached hydrogens (tertiary/aromatic N) is 3. The normalized spacial score (nSPS) is 19.0. The Morgan fingerprint density at radius 2 is 1.75 bits per heavy atom. The first-order chi connectivity index (χ1) is 17.4. The Bertz CT molecular complexity index is 1240. The van der Waals surface area contributed by atoms with E-state index in [0.717, 1.165) is 10.5 Å². The second-order valence-electron chi connectivity index (χ2n) is 8.24. The van der Waals surface area contributed by atoms with Crippen LogP contribution >= 0.6 is 23.5 Å². The van der Waals surface area contributed by atoms with Gasteiger partial charge in [-0.05, 0) is 49.9 Å². The quantitative estimate of drug-likeness (QED) is 0.425. The largest absolute Gasteiger partial charge is 0.464 e. The van der Waals surface area contributed by atoms with Crippen LogP contribution in [0.15, 0.2) is 93.9 Å². The molecule has 7 nitrogen and oxygen atoms in total. The zero-order valence-corrected chi connectivity index (χ0v) is 22.0. The second-order valence-corrected chi connectivity index (χ2v) is 10.1. The molecule has 1 aliphatic rings. The van der Waals surface area contributed by atoms with E-state index in [9.17, 15) is 9.59 Å². The number of amidine groups is 1. The highest BCUT2D eigenvalue weighted by Gasteiger charge is 2.51. The van der Waals surface area contributed by atoms with Gasteiger partial charge in [0, 0.05) is 17.6 Å².